The van der Waals surface area contributed by atoms with Crippen molar-refractivity contribution in [2.75, 3.05) is 0 Å². The van der Waals surface area contributed by atoms with Crippen LogP contribution >= 0.6 is 11.3 Å². The molecule has 0 unspecified atom stereocenters. The summed E-state index contributed by atoms with van der Waals surface area (Å²) in [6, 6.07) is 83.8. The Morgan fingerprint density at radius 3 is 1.67 bits per heavy atom. The lowest BCUT2D eigenvalue weighted by molar-refractivity contribution is 1.15. The van der Waals surface area contributed by atoms with Gasteiger partial charge in [0.2, 0.25) is 0 Å². The van der Waals surface area contributed by atoms with Crippen LogP contribution in [0.3, 0.4) is 0 Å². The Balaban J connectivity index is 1.03. The summed E-state index contributed by atoms with van der Waals surface area (Å²) < 4.78 is 7.63. The Morgan fingerprint density at radius 2 is 0.929 bits per heavy atom. The van der Waals surface area contributed by atoms with Gasteiger partial charge in [0, 0.05) is 69.5 Å². The average Bonchev–Trinajstić information content (AvgIpc) is 4.19. The summed E-state index contributed by atoms with van der Waals surface area (Å²) >= 11 is 1.89. The van der Waals surface area contributed by atoms with Crippen molar-refractivity contribution in [1.29, 1.82) is 0 Å². The summed E-state index contributed by atoms with van der Waals surface area (Å²) in [5, 5.41) is 7.70. The highest BCUT2D eigenvalue weighted by molar-refractivity contribution is 7.26. The molecule has 0 fully saturated rings. The molecule has 0 saturated carbocycles. The first kappa shape index (κ1) is 39.1. The van der Waals surface area contributed by atoms with Gasteiger partial charge in [0.1, 0.15) is 0 Å². The zero-order chi connectivity index (χ0) is 45.9. The molecule has 0 radical (unpaired) electrons. The second-order valence-electron chi connectivity index (χ2n) is 18.4. The first-order valence-electron chi connectivity index (χ1n) is 23.9. The molecule has 4 aromatic heterocycles. The molecule has 14 aromatic rings. The largest absolute Gasteiger partial charge is 0.309 e. The van der Waals surface area contributed by atoms with Crippen molar-refractivity contribution in [3.8, 4) is 67.5 Å². The first-order chi connectivity index (χ1) is 34.7. The minimum absolute atomic E-state index is 0.673. The molecule has 0 N–H and O–H groups in total. The maximum atomic E-state index is 5.36. The minimum Gasteiger partial charge on any atom is -0.309 e. The van der Waals surface area contributed by atoms with E-state index >= 15 is 0 Å². The highest BCUT2D eigenvalue weighted by Gasteiger charge is 2.27. The molecule has 4 heterocycles. The number of benzene rings is 10. The molecule has 1 aliphatic rings. The van der Waals surface area contributed by atoms with Crippen LogP contribution in [0.15, 0.2) is 231 Å². The third-order valence-electron chi connectivity index (χ3n) is 14.6. The van der Waals surface area contributed by atoms with Crippen LogP contribution in [-0.2, 0) is 6.42 Å². The summed E-state index contributed by atoms with van der Waals surface area (Å²) in [5.74, 6) is 0.673. The number of thiophene rings is 1. The van der Waals surface area contributed by atoms with Crippen molar-refractivity contribution >= 4 is 75.1 Å². The molecule has 5 heteroatoms. The molecule has 15 rings (SSSR count). The Kier molecular flexibility index (Phi) is 8.56. The standard InChI is InChI=1S/C65H40N4S/c1-3-17-40(18-4-1)53-39-54(41-19-5-2-6-20-41)67-65(66-53)43-31-34-58(69-56-28-14-10-25-49(56)62-52-37-42-21-7-8-22-44(42)45(52)32-35-59(62)69)51(38-43)46-23-9-13-27-55(46)68-57-29-15-11-26-50(57)63-60(68)36-33-48-47-24-12-16-30-61(47)70-64(48)63/h1-36,38-39H,37H2. The summed E-state index contributed by atoms with van der Waals surface area (Å²) in [6.45, 7) is 0. The molecular formula is C65H40N4S. The van der Waals surface area contributed by atoms with Gasteiger partial charge in [-0.3, -0.25) is 0 Å². The number of rotatable bonds is 6. The van der Waals surface area contributed by atoms with Crippen LogP contribution in [0.5, 0.6) is 0 Å². The van der Waals surface area contributed by atoms with Gasteiger partial charge in [0.05, 0.1) is 44.8 Å². The fourth-order valence-corrected chi connectivity index (χ4v) is 12.8. The van der Waals surface area contributed by atoms with Crippen molar-refractivity contribution in [2.24, 2.45) is 0 Å². The molecule has 0 amide bonds. The van der Waals surface area contributed by atoms with Crippen molar-refractivity contribution in [1.82, 2.24) is 19.1 Å². The van der Waals surface area contributed by atoms with Crippen molar-refractivity contribution < 1.29 is 0 Å². The topological polar surface area (TPSA) is 35.6 Å². The molecule has 4 nitrogen and oxygen atoms in total. The van der Waals surface area contributed by atoms with E-state index in [1.165, 1.54) is 86.0 Å². The lowest BCUT2D eigenvalue weighted by Crippen LogP contribution is -2.03. The Bertz CT molecular complexity index is 4380. The second-order valence-corrected chi connectivity index (χ2v) is 19.5. The predicted molar refractivity (Wildman–Crippen MR) is 294 cm³/mol. The minimum atomic E-state index is 0.673. The fraction of sp³-hybridized carbons (Fsp3) is 0.0154. The summed E-state index contributed by atoms with van der Waals surface area (Å²) in [5.41, 5.74) is 19.3. The lowest BCUT2D eigenvalue weighted by Gasteiger charge is -2.20. The van der Waals surface area contributed by atoms with Crippen molar-refractivity contribution in [3.05, 3.63) is 242 Å². The Hall–Kier alpha value is -8.90. The summed E-state index contributed by atoms with van der Waals surface area (Å²) in [4.78, 5) is 10.7. The van der Waals surface area contributed by atoms with E-state index in [4.69, 9.17) is 9.97 Å². The Morgan fingerprint density at radius 1 is 0.357 bits per heavy atom. The number of hydrogen-bond donors (Lipinski definition) is 0. The predicted octanol–water partition coefficient (Wildman–Crippen LogP) is 17.3. The second kappa shape index (κ2) is 15.3. The molecule has 10 aromatic carbocycles. The van der Waals surface area contributed by atoms with Crippen LogP contribution < -0.4 is 0 Å². The van der Waals surface area contributed by atoms with Crippen molar-refractivity contribution in [2.45, 2.75) is 6.42 Å². The van der Waals surface area contributed by atoms with E-state index in [0.717, 1.165) is 57.0 Å². The van der Waals surface area contributed by atoms with Gasteiger partial charge >= 0.3 is 0 Å². The van der Waals surface area contributed by atoms with Crippen molar-refractivity contribution in [3.63, 3.8) is 0 Å². The van der Waals surface area contributed by atoms with E-state index in [0.29, 0.717) is 5.82 Å². The lowest BCUT2D eigenvalue weighted by atomic mass is 9.97. The van der Waals surface area contributed by atoms with Gasteiger partial charge in [-0.1, -0.05) is 170 Å². The molecule has 1 aliphatic carbocycles. The van der Waals surface area contributed by atoms with Gasteiger partial charge in [-0.2, -0.15) is 0 Å². The van der Waals surface area contributed by atoms with Crippen LogP contribution in [0, 0.1) is 0 Å². The number of para-hydroxylation sites is 3. The first-order valence-corrected chi connectivity index (χ1v) is 24.8. The highest BCUT2D eigenvalue weighted by Crippen LogP contribution is 2.48. The van der Waals surface area contributed by atoms with Crippen LogP contribution in [0.1, 0.15) is 11.1 Å². The molecule has 0 atom stereocenters. The number of nitrogens with zero attached hydrogens (tertiary/aromatic N) is 4. The zero-order valence-corrected chi connectivity index (χ0v) is 38.7. The normalized spacial score (nSPS) is 12.2. The van der Waals surface area contributed by atoms with Gasteiger partial charge in [-0.25, -0.2) is 9.97 Å². The Labute approximate surface area is 407 Å². The smallest absolute Gasteiger partial charge is 0.160 e. The maximum absolute atomic E-state index is 5.36. The van der Waals surface area contributed by atoms with Gasteiger partial charge in [0.25, 0.3) is 0 Å². The highest BCUT2D eigenvalue weighted by atomic mass is 32.1. The SMILES string of the molecule is c1ccc(-c2cc(-c3ccccc3)nc(-c3ccc(-n4c5ccccc5c5c6c(ccc54)-c4ccccc4C6)c(-c4ccccc4-n4c5ccccc5c5c6sc7ccccc7c6ccc54)c3)n2)cc1. The quantitative estimate of drug-likeness (QED) is 0.167. The molecule has 0 spiro atoms. The molecule has 0 aliphatic heterocycles. The van der Waals surface area contributed by atoms with E-state index < -0.39 is 0 Å². The van der Waals surface area contributed by atoms with Crippen LogP contribution in [0.2, 0.25) is 0 Å². The molecule has 326 valence electrons. The van der Waals surface area contributed by atoms with E-state index in [1.807, 2.05) is 11.3 Å². The van der Waals surface area contributed by atoms with Crippen LogP contribution in [-0.4, -0.2) is 19.1 Å². The maximum Gasteiger partial charge on any atom is 0.160 e. The van der Waals surface area contributed by atoms with E-state index in [1.54, 1.807) is 0 Å². The van der Waals surface area contributed by atoms with E-state index in [2.05, 4.69) is 240 Å². The van der Waals surface area contributed by atoms with Gasteiger partial charge < -0.3 is 9.13 Å². The number of hydrogen-bond acceptors (Lipinski definition) is 3. The van der Waals surface area contributed by atoms with Gasteiger partial charge in [-0.15, -0.1) is 11.3 Å². The van der Waals surface area contributed by atoms with Crippen LogP contribution in [0.4, 0.5) is 0 Å². The van der Waals surface area contributed by atoms with Gasteiger partial charge in [-0.05, 0) is 89.3 Å². The monoisotopic (exact) mass is 908 g/mol. The summed E-state index contributed by atoms with van der Waals surface area (Å²) in [6.07, 6.45) is 0.908. The average molecular weight is 909 g/mol. The molecule has 70 heavy (non-hydrogen) atoms. The third-order valence-corrected chi connectivity index (χ3v) is 15.8. The third kappa shape index (κ3) is 5.82. The molecule has 0 bridgehead atoms. The number of fused-ring (bicyclic) bond motifs is 14. The zero-order valence-electron chi connectivity index (χ0n) is 37.8. The van der Waals surface area contributed by atoms with Crippen LogP contribution in [0.25, 0.3) is 131 Å². The molecular weight excluding hydrogens is 869 g/mol. The fourth-order valence-electron chi connectivity index (χ4n) is 11.5. The van der Waals surface area contributed by atoms with E-state index in [-0.39, 0.29) is 0 Å². The summed E-state index contributed by atoms with van der Waals surface area (Å²) in [7, 11) is 0. The van der Waals surface area contributed by atoms with E-state index in [9.17, 15) is 0 Å². The van der Waals surface area contributed by atoms with Gasteiger partial charge in [0.15, 0.2) is 5.82 Å². The number of aromatic nitrogens is 4. The molecule has 0 saturated heterocycles.